The van der Waals surface area contributed by atoms with Crippen LogP contribution in [0.4, 0.5) is 45.5 Å². The highest BCUT2D eigenvalue weighted by molar-refractivity contribution is 6.40. The van der Waals surface area contributed by atoms with Crippen LogP contribution in [-0.4, -0.2) is 22.2 Å². The van der Waals surface area contributed by atoms with E-state index in [-0.39, 0.29) is 43.8 Å². The first-order chi connectivity index (χ1) is 55.1. The molecule has 0 bridgehead atoms. The Hall–Kier alpha value is -10.4. The van der Waals surface area contributed by atoms with E-state index in [2.05, 4.69) is 333 Å². The average Bonchev–Trinajstić information content (AvgIpc) is 1.54. The van der Waals surface area contributed by atoms with Gasteiger partial charge >= 0.3 is 0 Å². The van der Waals surface area contributed by atoms with Crippen LogP contribution in [-0.2, 0) is 21.7 Å². The second kappa shape index (κ2) is 23.6. The van der Waals surface area contributed by atoms with Gasteiger partial charge in [0.2, 0.25) is 0 Å². The van der Waals surface area contributed by atoms with Crippen LogP contribution >= 0.6 is 0 Å². The summed E-state index contributed by atoms with van der Waals surface area (Å²) in [6.45, 7) is 30.5. The molecule has 4 heterocycles. The van der Waals surface area contributed by atoms with E-state index in [1.807, 2.05) is 0 Å². The van der Waals surface area contributed by atoms with Crippen molar-refractivity contribution in [3.8, 4) is 44.5 Å². The van der Waals surface area contributed by atoms with Gasteiger partial charge in [-0.15, -0.1) is 0 Å². The Labute approximate surface area is 674 Å². The largest absolute Gasteiger partial charge is 0.334 e. The second-order valence-electron chi connectivity index (χ2n) is 38.8. The van der Waals surface area contributed by atoms with Crippen molar-refractivity contribution in [3.63, 3.8) is 0 Å². The maximum atomic E-state index is 2.78. The van der Waals surface area contributed by atoms with Crippen LogP contribution in [0.25, 0.3) is 109 Å². The summed E-state index contributed by atoms with van der Waals surface area (Å²) in [5.41, 5.74) is 32.5. The van der Waals surface area contributed by atoms with Crippen molar-refractivity contribution < 1.29 is 0 Å². The minimum atomic E-state index is -0.0671. The fourth-order valence-electron chi connectivity index (χ4n) is 27.0. The van der Waals surface area contributed by atoms with Crippen molar-refractivity contribution >= 4 is 110 Å². The number of nitrogens with zero attached hydrogens (tertiary/aromatic N) is 4. The number of benzene rings is 13. The quantitative estimate of drug-likeness (QED) is 0.150. The van der Waals surface area contributed by atoms with Crippen LogP contribution in [0.5, 0.6) is 0 Å². The topological polar surface area (TPSA) is 13.0 Å². The van der Waals surface area contributed by atoms with Gasteiger partial charge in [-0.25, -0.2) is 0 Å². The van der Waals surface area contributed by atoms with Gasteiger partial charge in [0.15, 0.2) is 0 Å². The van der Waals surface area contributed by atoms with Crippen LogP contribution < -0.4 is 19.6 Å². The fraction of sp³-hybridized carbons (Fsp3) is 0.327. The van der Waals surface area contributed by atoms with Gasteiger partial charge in [0.25, 0.3) is 0 Å². The Bertz CT molecular complexity index is 5810. The molecular formula is C110H106N4. The molecule has 4 aliphatic carbocycles. The zero-order chi connectivity index (χ0) is 77.3. The lowest BCUT2D eigenvalue weighted by Gasteiger charge is -2.50. The van der Waals surface area contributed by atoms with Crippen molar-refractivity contribution in [2.45, 2.75) is 230 Å². The number of aryl methyl sites for hydroxylation is 4. The predicted octanol–water partition coefficient (Wildman–Crippen LogP) is 30.4. The molecule has 0 aromatic heterocycles. The van der Waals surface area contributed by atoms with Crippen LogP contribution in [0.1, 0.15) is 203 Å². The molecule has 8 unspecified atom stereocenters. The minimum absolute atomic E-state index is 0.0455. The van der Waals surface area contributed by atoms with Crippen molar-refractivity contribution in [1.29, 1.82) is 0 Å². The van der Waals surface area contributed by atoms with Gasteiger partial charge in [0.05, 0.1) is 22.2 Å². The molecule has 4 saturated carbocycles. The molecular weight excluding hydrogens is 1380 g/mol. The maximum Gasteiger partial charge on any atom is 0.0518 e. The number of hydrogen-bond donors (Lipinski definition) is 0. The average molecular weight is 1480 g/mol. The molecule has 15 aromatic carbocycles. The summed E-state index contributed by atoms with van der Waals surface area (Å²) in [6.07, 6.45) is 19.3. The molecule has 4 heteroatoms. The van der Waals surface area contributed by atoms with E-state index in [0.29, 0.717) is 0 Å². The lowest BCUT2D eigenvalue weighted by molar-refractivity contribution is 0.195. The van der Waals surface area contributed by atoms with Crippen molar-refractivity contribution in [2.75, 3.05) is 19.6 Å². The van der Waals surface area contributed by atoms with Gasteiger partial charge in [0.1, 0.15) is 0 Å². The van der Waals surface area contributed by atoms with Crippen molar-refractivity contribution in [1.82, 2.24) is 0 Å². The summed E-state index contributed by atoms with van der Waals surface area (Å²) in [6, 6.07) is 92.3. The van der Waals surface area contributed by atoms with Gasteiger partial charge in [0, 0.05) is 67.2 Å². The predicted molar refractivity (Wildman–Crippen MR) is 486 cm³/mol. The number of rotatable bonds is 8. The lowest BCUT2D eigenvalue weighted by Crippen LogP contribution is -2.54. The Morgan fingerprint density at radius 1 is 0.211 bits per heavy atom. The minimum Gasteiger partial charge on any atom is -0.334 e. The molecule has 8 aliphatic rings. The van der Waals surface area contributed by atoms with E-state index in [9.17, 15) is 0 Å². The van der Waals surface area contributed by atoms with E-state index < -0.39 is 0 Å². The summed E-state index contributed by atoms with van der Waals surface area (Å²) in [5.74, 6) is 0. The van der Waals surface area contributed by atoms with Gasteiger partial charge in [-0.05, 0) is 370 Å². The number of para-hydroxylation sites is 4. The van der Waals surface area contributed by atoms with Crippen LogP contribution in [0.2, 0.25) is 0 Å². The molecule has 114 heavy (non-hydrogen) atoms. The van der Waals surface area contributed by atoms with Gasteiger partial charge in [-0.2, -0.15) is 0 Å². The smallest absolute Gasteiger partial charge is 0.0518 e. The van der Waals surface area contributed by atoms with Crippen molar-refractivity contribution in [3.05, 3.63) is 275 Å². The summed E-state index contributed by atoms with van der Waals surface area (Å²) < 4.78 is 0. The van der Waals surface area contributed by atoms with E-state index in [0.717, 1.165) is 25.7 Å². The van der Waals surface area contributed by atoms with E-state index in [1.165, 1.54) is 276 Å². The zero-order valence-electron chi connectivity index (χ0n) is 69.0. The molecule has 4 fully saturated rings. The molecule has 4 nitrogen and oxygen atoms in total. The Balaban J connectivity index is 0.776. The molecule has 4 aliphatic heterocycles. The number of hydrogen-bond acceptors (Lipinski definition) is 4. The molecule has 15 aromatic rings. The van der Waals surface area contributed by atoms with E-state index >= 15 is 0 Å². The monoisotopic (exact) mass is 1480 g/mol. The lowest BCUT2D eigenvalue weighted by atomic mass is 9.61. The molecule has 23 rings (SSSR count). The summed E-state index contributed by atoms with van der Waals surface area (Å²) >= 11 is 0. The molecule has 566 valence electrons. The molecule has 0 spiro atoms. The van der Waals surface area contributed by atoms with E-state index in [1.54, 1.807) is 0 Å². The van der Waals surface area contributed by atoms with Gasteiger partial charge < -0.3 is 19.6 Å². The molecule has 0 saturated heterocycles. The highest BCUT2D eigenvalue weighted by Crippen LogP contribution is 2.68. The standard InChI is InChI=1S/C110H106N4/c1-67-57-71(61-91-99(67)111(75-33-17-13-18-34-75)107(9)53-29-25-49-103(91,107)5)79-41-45-83-87-65-89-85-47-43-81(73-59-69(3)101-93(63-73)105(7)51-27-31-55-109(105,11)113(101)77-37-21-15-22-38-77)96-82(74-60-70(4)102-94(64-74)106(8)52-28-32-56-110(106,12)114(102)78-39-23-16-24-40-78)44-48-86(98(85)96)90(89)66-88(87)84-46-42-80(95(79)97(83)84)72-58-68(2)100-92(62-72)104(6)50-26-30-54-108(104,10)112(100)76-35-19-14-20-36-76/h13-24,33-48,57-66H,25-32,49-56H2,1-12H3. The van der Waals surface area contributed by atoms with E-state index in [4.69, 9.17) is 0 Å². The summed E-state index contributed by atoms with van der Waals surface area (Å²) in [5, 5.41) is 16.3. The van der Waals surface area contributed by atoms with Crippen LogP contribution in [0, 0.1) is 27.7 Å². The summed E-state index contributed by atoms with van der Waals surface area (Å²) in [7, 11) is 0. The highest BCUT2D eigenvalue weighted by atomic mass is 15.3. The SMILES string of the molecule is Cc1cc(-c2ccc3c4cc5c(cc4c4ccc(-c6cc(C)c7c(c6)C6(C)CCCCC6(C)N7c6ccccc6)c2c34)c2ccc(-c3cc(C)c4c(c3)C3(C)CCCCC3(C)N4c3ccccc3)c3c(-c4cc(C)c6c(c4)C4(C)CCCCC4(C)N6c4ccccc4)ccc5c32)cc2c1N(c1ccccc1)C1(C)CCCCC21C. The first-order valence-corrected chi connectivity index (χ1v) is 43.6. The second-order valence-corrected chi connectivity index (χ2v) is 38.8. The Morgan fingerprint density at radius 3 is 0.640 bits per heavy atom. The number of fused-ring (bicyclic) bond motifs is 18. The molecule has 0 N–H and O–H groups in total. The fourth-order valence-corrected chi connectivity index (χ4v) is 27.0. The summed E-state index contributed by atoms with van der Waals surface area (Å²) in [4.78, 5) is 11.1. The number of anilines is 8. The van der Waals surface area contributed by atoms with Crippen molar-refractivity contribution in [2.24, 2.45) is 0 Å². The third-order valence-electron chi connectivity index (χ3n) is 33.5. The highest BCUT2D eigenvalue weighted by Gasteiger charge is 2.63. The normalized spacial score (nSPS) is 26.8. The molecule has 0 amide bonds. The van der Waals surface area contributed by atoms with Gasteiger partial charge in [-0.3, -0.25) is 0 Å². The third-order valence-corrected chi connectivity index (χ3v) is 33.5. The first kappa shape index (κ1) is 69.1. The Kier molecular flexibility index (Phi) is 14.3. The van der Waals surface area contributed by atoms with Gasteiger partial charge in [-0.1, -0.05) is 200 Å². The zero-order valence-corrected chi connectivity index (χ0v) is 69.0. The third kappa shape index (κ3) is 8.60. The maximum absolute atomic E-state index is 2.78. The van der Waals surface area contributed by atoms with Crippen LogP contribution in [0.15, 0.2) is 231 Å². The first-order valence-electron chi connectivity index (χ1n) is 43.6. The molecule has 0 radical (unpaired) electrons. The molecule has 8 atom stereocenters. The van der Waals surface area contributed by atoms with Crippen LogP contribution in [0.3, 0.4) is 0 Å². The Morgan fingerprint density at radius 2 is 0.421 bits per heavy atom.